The van der Waals surface area contributed by atoms with E-state index in [-0.39, 0.29) is 13.0 Å². The number of benzene rings is 2. The minimum atomic E-state index is -1.73. The van der Waals surface area contributed by atoms with Crippen LogP contribution in [0.15, 0.2) is 30.3 Å². The smallest absolute Gasteiger partial charge is 0.306 e. The normalized spacial score (nSPS) is 11.5. The number of amides is 2. The second kappa shape index (κ2) is 12.1. The van der Waals surface area contributed by atoms with Crippen LogP contribution in [0.4, 0.5) is 18.9 Å². The molecule has 0 bridgehead atoms. The molecule has 0 saturated heterocycles. The quantitative estimate of drug-likeness (QED) is 0.302. The van der Waals surface area contributed by atoms with Crippen molar-refractivity contribution in [3.05, 3.63) is 58.4 Å². The fourth-order valence-corrected chi connectivity index (χ4v) is 2.84. The summed E-state index contributed by atoms with van der Waals surface area (Å²) in [6, 6.07) is 6.65. The lowest BCUT2D eigenvalue weighted by Gasteiger charge is -2.14. The molecule has 0 radical (unpaired) electrons. The maximum Gasteiger partial charge on any atom is 0.306 e. The number of nitrogens with one attached hydrogen (secondary N) is 2. The molecule has 0 heterocycles. The molecule has 0 saturated carbocycles. The van der Waals surface area contributed by atoms with Gasteiger partial charge < -0.3 is 20.1 Å². The van der Waals surface area contributed by atoms with Crippen LogP contribution in [0.1, 0.15) is 25.3 Å². The first kappa shape index (κ1) is 26.0. The third kappa shape index (κ3) is 7.98. The first-order valence-electron chi connectivity index (χ1n) is 9.88. The first-order valence-corrected chi connectivity index (χ1v) is 10.3. The van der Waals surface area contributed by atoms with Crippen molar-refractivity contribution >= 4 is 35.1 Å². The maximum absolute atomic E-state index is 13.6. The summed E-state index contributed by atoms with van der Waals surface area (Å²) < 4.78 is 50.2. The van der Waals surface area contributed by atoms with Crippen LogP contribution in [0.5, 0.6) is 5.75 Å². The van der Waals surface area contributed by atoms with Gasteiger partial charge in [-0.3, -0.25) is 14.4 Å². The Hall–Kier alpha value is -3.27. The van der Waals surface area contributed by atoms with Crippen molar-refractivity contribution in [3.8, 4) is 5.75 Å². The van der Waals surface area contributed by atoms with E-state index in [1.54, 1.807) is 18.2 Å². The zero-order valence-electron chi connectivity index (χ0n) is 17.8. The Morgan fingerprint density at radius 2 is 1.82 bits per heavy atom. The summed E-state index contributed by atoms with van der Waals surface area (Å²) >= 11 is 5.87. The van der Waals surface area contributed by atoms with Gasteiger partial charge in [0.25, 0.3) is 5.91 Å². The summed E-state index contributed by atoms with van der Waals surface area (Å²) in [7, 11) is 0. The highest BCUT2D eigenvalue weighted by Crippen LogP contribution is 2.22. The largest absolute Gasteiger partial charge is 0.493 e. The fourth-order valence-electron chi connectivity index (χ4n) is 2.61. The summed E-state index contributed by atoms with van der Waals surface area (Å²) in [4.78, 5) is 35.7. The zero-order valence-corrected chi connectivity index (χ0v) is 18.6. The lowest BCUT2D eigenvalue weighted by atomic mass is 10.2. The van der Waals surface area contributed by atoms with Gasteiger partial charge in [-0.1, -0.05) is 11.6 Å². The zero-order chi connectivity index (χ0) is 24.5. The number of hydrogen-bond acceptors (Lipinski definition) is 5. The molecule has 2 N–H and O–H groups in total. The molecule has 2 rings (SSSR count). The Morgan fingerprint density at radius 3 is 2.52 bits per heavy atom. The van der Waals surface area contributed by atoms with Crippen molar-refractivity contribution in [3.63, 3.8) is 0 Å². The van der Waals surface area contributed by atoms with Gasteiger partial charge in [-0.2, -0.15) is 0 Å². The molecule has 0 aliphatic carbocycles. The van der Waals surface area contributed by atoms with Crippen molar-refractivity contribution in [1.82, 2.24) is 5.32 Å². The first-order chi connectivity index (χ1) is 15.6. The molecule has 1 unspecified atom stereocenters. The van der Waals surface area contributed by atoms with Gasteiger partial charge >= 0.3 is 5.97 Å². The van der Waals surface area contributed by atoms with Crippen molar-refractivity contribution < 1.29 is 37.0 Å². The highest BCUT2D eigenvalue weighted by atomic mass is 35.5. The van der Waals surface area contributed by atoms with E-state index in [2.05, 4.69) is 5.32 Å². The second-order valence-electron chi connectivity index (χ2n) is 6.98. The molecule has 0 aromatic heterocycles. The number of carbonyl (C=O) groups excluding carboxylic acids is 3. The number of anilines is 1. The number of carbonyl (C=O) groups is 3. The molecular formula is C22H22ClF3N2O5. The van der Waals surface area contributed by atoms with E-state index in [9.17, 15) is 27.6 Å². The maximum atomic E-state index is 13.6. The molecule has 0 fully saturated rings. The predicted molar refractivity (Wildman–Crippen MR) is 114 cm³/mol. The third-order valence-corrected chi connectivity index (χ3v) is 4.56. The van der Waals surface area contributed by atoms with Gasteiger partial charge in [0.1, 0.15) is 5.75 Å². The van der Waals surface area contributed by atoms with Gasteiger partial charge in [-0.05, 0) is 56.2 Å². The molecule has 11 heteroatoms. The monoisotopic (exact) mass is 486 g/mol. The van der Waals surface area contributed by atoms with Gasteiger partial charge in [0.2, 0.25) is 5.91 Å². The molecule has 0 spiro atoms. The number of rotatable bonds is 10. The van der Waals surface area contributed by atoms with E-state index in [0.29, 0.717) is 23.3 Å². The number of aryl methyl sites for hydroxylation is 1. The average Bonchev–Trinajstić information content (AvgIpc) is 2.76. The lowest BCUT2D eigenvalue weighted by Crippen LogP contribution is -2.40. The predicted octanol–water partition coefficient (Wildman–Crippen LogP) is 3.91. The van der Waals surface area contributed by atoms with E-state index >= 15 is 0 Å². The number of ether oxygens (including phenoxy) is 2. The SMILES string of the molecule is Cc1cc(Cl)ccc1OCCCC(=O)OC(C)C(=O)NCC(=O)Nc1ccc(F)c(F)c1F. The summed E-state index contributed by atoms with van der Waals surface area (Å²) in [6.45, 7) is 2.80. The van der Waals surface area contributed by atoms with Crippen LogP contribution in [-0.2, 0) is 19.1 Å². The molecule has 178 valence electrons. The molecule has 7 nitrogen and oxygen atoms in total. The average molecular weight is 487 g/mol. The minimum Gasteiger partial charge on any atom is -0.493 e. The summed E-state index contributed by atoms with van der Waals surface area (Å²) in [6.07, 6.45) is -0.845. The van der Waals surface area contributed by atoms with Crippen molar-refractivity contribution in [1.29, 1.82) is 0 Å². The Morgan fingerprint density at radius 1 is 1.09 bits per heavy atom. The van der Waals surface area contributed by atoms with Crippen LogP contribution >= 0.6 is 11.6 Å². The van der Waals surface area contributed by atoms with Crippen LogP contribution < -0.4 is 15.4 Å². The number of esters is 1. The minimum absolute atomic E-state index is 0.000150. The van der Waals surface area contributed by atoms with Gasteiger partial charge in [-0.15, -0.1) is 0 Å². The molecule has 2 aromatic rings. The van der Waals surface area contributed by atoms with Gasteiger partial charge in [0, 0.05) is 11.4 Å². The summed E-state index contributed by atoms with van der Waals surface area (Å²) in [5.41, 5.74) is 0.273. The Kier molecular flexibility index (Phi) is 9.53. The van der Waals surface area contributed by atoms with Crippen molar-refractivity contribution in [2.24, 2.45) is 0 Å². The molecule has 33 heavy (non-hydrogen) atoms. The molecule has 2 amide bonds. The molecular weight excluding hydrogens is 465 g/mol. The topological polar surface area (TPSA) is 93.7 Å². The van der Waals surface area contributed by atoms with E-state index in [0.717, 1.165) is 11.6 Å². The fraction of sp³-hybridized carbons (Fsp3) is 0.318. The Labute approximate surface area is 193 Å². The van der Waals surface area contributed by atoms with E-state index in [4.69, 9.17) is 21.1 Å². The lowest BCUT2D eigenvalue weighted by molar-refractivity contribution is -0.155. The van der Waals surface area contributed by atoms with Crippen molar-refractivity contribution in [2.75, 3.05) is 18.5 Å². The molecule has 0 aliphatic heterocycles. The van der Waals surface area contributed by atoms with E-state index in [1.165, 1.54) is 6.92 Å². The van der Waals surface area contributed by atoms with Crippen LogP contribution in [0.3, 0.4) is 0 Å². The highest BCUT2D eigenvalue weighted by molar-refractivity contribution is 6.30. The molecule has 0 aliphatic rings. The van der Waals surface area contributed by atoms with Crippen LogP contribution in [0, 0.1) is 24.4 Å². The standard InChI is InChI=1S/C22H22ClF3N2O5/c1-12-10-14(23)5-8-17(12)32-9-3-4-19(30)33-13(2)22(31)27-11-18(29)28-16-7-6-15(24)20(25)21(16)26/h5-8,10,13H,3-4,9,11H2,1-2H3,(H,27,31)(H,28,29). The Bertz CT molecular complexity index is 1040. The third-order valence-electron chi connectivity index (χ3n) is 4.33. The molecule has 1 atom stereocenters. The second-order valence-corrected chi connectivity index (χ2v) is 7.42. The van der Waals surface area contributed by atoms with E-state index < -0.39 is 53.6 Å². The molecule has 2 aromatic carbocycles. The summed E-state index contributed by atoms with van der Waals surface area (Å²) in [5, 5.41) is 4.79. The van der Waals surface area contributed by atoms with Crippen LogP contribution in [0.25, 0.3) is 0 Å². The van der Waals surface area contributed by atoms with Gasteiger partial charge in [-0.25, -0.2) is 13.2 Å². The summed E-state index contributed by atoms with van der Waals surface area (Å²) in [5.74, 6) is -6.34. The Balaban J connectivity index is 1.69. The highest BCUT2D eigenvalue weighted by Gasteiger charge is 2.19. The van der Waals surface area contributed by atoms with Crippen LogP contribution in [-0.4, -0.2) is 37.0 Å². The van der Waals surface area contributed by atoms with Crippen LogP contribution in [0.2, 0.25) is 5.02 Å². The number of halogens is 4. The van der Waals surface area contributed by atoms with E-state index in [1.807, 2.05) is 12.2 Å². The number of hydrogen-bond donors (Lipinski definition) is 2. The van der Waals surface area contributed by atoms with Gasteiger partial charge in [0.15, 0.2) is 23.6 Å². The van der Waals surface area contributed by atoms with Gasteiger partial charge in [0.05, 0.1) is 18.8 Å². The van der Waals surface area contributed by atoms with Crippen molar-refractivity contribution in [2.45, 2.75) is 32.8 Å².